The molecule has 142 valence electrons. The Balaban J connectivity index is 2.17. The summed E-state index contributed by atoms with van der Waals surface area (Å²) < 4.78 is 8.29. The molecule has 0 saturated heterocycles. The van der Waals surface area contributed by atoms with E-state index >= 15 is 0 Å². The Morgan fingerprint density at radius 1 is 1.07 bits per heavy atom. The van der Waals surface area contributed by atoms with Gasteiger partial charge in [-0.3, -0.25) is 0 Å². The van der Waals surface area contributed by atoms with Gasteiger partial charge in [0.2, 0.25) is 5.36 Å². The second-order valence-electron chi connectivity index (χ2n) is 7.10. The van der Waals surface area contributed by atoms with Crippen LogP contribution in [0.3, 0.4) is 0 Å². The van der Waals surface area contributed by atoms with E-state index in [1.54, 1.807) is 0 Å². The van der Waals surface area contributed by atoms with Crippen LogP contribution in [0.4, 0.5) is 5.69 Å². The summed E-state index contributed by atoms with van der Waals surface area (Å²) in [7, 11) is 7.92. The maximum absolute atomic E-state index is 11.8. The highest BCUT2D eigenvalue weighted by Crippen LogP contribution is 2.43. The summed E-state index contributed by atoms with van der Waals surface area (Å²) in [6.45, 7) is 0. The minimum Gasteiger partial charge on any atom is -0.477 e. The molecule has 4 rings (SSSR count). The normalized spacial score (nSPS) is 11.1. The average Bonchev–Trinajstić information content (AvgIpc) is 3.14. The minimum atomic E-state index is -0.915. The van der Waals surface area contributed by atoms with Gasteiger partial charge in [0.25, 0.3) is 0 Å². The molecule has 2 aliphatic rings. The van der Waals surface area contributed by atoms with Crippen LogP contribution in [0.15, 0.2) is 52.3 Å². The van der Waals surface area contributed by atoms with Gasteiger partial charge in [-0.05, 0) is 29.6 Å². The Hall–Kier alpha value is -3.12. The van der Waals surface area contributed by atoms with Gasteiger partial charge in [0.15, 0.2) is 0 Å². The summed E-state index contributed by atoms with van der Waals surface area (Å²) in [5.74, 6) is -0.186. The van der Waals surface area contributed by atoms with Crippen molar-refractivity contribution in [3.63, 3.8) is 0 Å². The molecular weight excluding hydrogens is 372 g/mol. The molecule has 0 amide bonds. The van der Waals surface area contributed by atoms with Crippen molar-refractivity contribution < 1.29 is 14.3 Å². The van der Waals surface area contributed by atoms with E-state index < -0.39 is 5.97 Å². The molecule has 1 aliphatic carbocycles. The molecule has 2 aromatic rings. The number of hydrogen-bond donors (Lipinski definition) is 1. The third kappa shape index (κ3) is 2.96. The molecule has 1 aromatic heterocycles. The predicted octanol–water partition coefficient (Wildman–Crippen LogP) is 4.06. The maximum atomic E-state index is 11.8. The standard InChI is InChI=1S/C22H20N2O3S/c1-23(2)13-5-7-15-18(11-13)27-19-12-14(24(3)4)6-8-16(19)20(15)17-9-10-28-21(17)22(25)26/h5-12H,1-4H3/p+1. The lowest BCUT2D eigenvalue weighted by molar-refractivity contribution is 0.0703. The Labute approximate surface area is 166 Å². The van der Waals surface area contributed by atoms with Crippen LogP contribution in [0.5, 0.6) is 0 Å². The first-order valence-electron chi connectivity index (χ1n) is 8.86. The summed E-state index contributed by atoms with van der Waals surface area (Å²) in [5, 5.41) is 13.4. The molecule has 2 heterocycles. The second kappa shape index (κ2) is 6.80. The molecule has 0 saturated carbocycles. The number of thiophene rings is 1. The van der Waals surface area contributed by atoms with Crippen molar-refractivity contribution in [3.8, 4) is 22.5 Å². The molecule has 28 heavy (non-hydrogen) atoms. The maximum Gasteiger partial charge on any atom is 0.346 e. The molecule has 0 atom stereocenters. The lowest BCUT2D eigenvalue weighted by Gasteiger charge is -2.17. The monoisotopic (exact) mass is 393 g/mol. The van der Waals surface area contributed by atoms with E-state index in [-0.39, 0.29) is 0 Å². The van der Waals surface area contributed by atoms with E-state index in [1.807, 2.05) is 85.5 Å². The first kappa shape index (κ1) is 18.3. The van der Waals surface area contributed by atoms with Crippen LogP contribution in [0.1, 0.15) is 9.67 Å². The Morgan fingerprint density at radius 3 is 2.54 bits per heavy atom. The van der Waals surface area contributed by atoms with Crippen molar-refractivity contribution in [2.24, 2.45) is 0 Å². The number of carbonyl (C=O) groups is 1. The summed E-state index contributed by atoms with van der Waals surface area (Å²) in [6.07, 6.45) is 0. The predicted molar refractivity (Wildman–Crippen MR) is 115 cm³/mol. The van der Waals surface area contributed by atoms with E-state index in [0.29, 0.717) is 4.88 Å². The summed E-state index contributed by atoms with van der Waals surface area (Å²) in [4.78, 5) is 14.1. The lowest BCUT2D eigenvalue weighted by atomic mass is 9.93. The van der Waals surface area contributed by atoms with E-state index in [1.165, 1.54) is 11.3 Å². The van der Waals surface area contributed by atoms with Crippen molar-refractivity contribution in [2.75, 3.05) is 33.1 Å². The van der Waals surface area contributed by atoms with Gasteiger partial charge in [-0.25, -0.2) is 9.37 Å². The zero-order valence-corrected chi connectivity index (χ0v) is 17.0. The highest BCUT2D eigenvalue weighted by atomic mass is 32.1. The molecule has 1 N–H and O–H groups in total. The van der Waals surface area contributed by atoms with Crippen molar-refractivity contribution >= 4 is 34.0 Å². The molecular formula is C22H21N2O3S+. The second-order valence-corrected chi connectivity index (χ2v) is 8.01. The third-order valence-corrected chi connectivity index (χ3v) is 5.75. The molecule has 5 nitrogen and oxygen atoms in total. The van der Waals surface area contributed by atoms with E-state index in [4.69, 9.17) is 4.42 Å². The summed E-state index contributed by atoms with van der Waals surface area (Å²) in [5.41, 5.74) is 4.27. The smallest absolute Gasteiger partial charge is 0.346 e. The van der Waals surface area contributed by atoms with E-state index in [2.05, 4.69) is 0 Å². The van der Waals surface area contributed by atoms with Crippen LogP contribution >= 0.6 is 11.3 Å². The van der Waals surface area contributed by atoms with E-state index in [0.717, 1.165) is 44.5 Å². The number of aromatic carboxylic acids is 1. The van der Waals surface area contributed by atoms with Gasteiger partial charge in [0.1, 0.15) is 30.3 Å². The van der Waals surface area contributed by atoms with Gasteiger partial charge in [-0.1, -0.05) is 0 Å². The van der Waals surface area contributed by atoms with Crippen molar-refractivity contribution in [1.82, 2.24) is 4.58 Å². The molecule has 0 spiro atoms. The highest BCUT2D eigenvalue weighted by molar-refractivity contribution is 7.12. The van der Waals surface area contributed by atoms with Gasteiger partial charge in [0.05, 0.1) is 6.07 Å². The Morgan fingerprint density at radius 2 is 1.86 bits per heavy atom. The van der Waals surface area contributed by atoms with Gasteiger partial charge in [0, 0.05) is 54.0 Å². The quantitative estimate of drug-likeness (QED) is 0.421. The minimum absolute atomic E-state index is 0.335. The molecule has 0 radical (unpaired) electrons. The molecule has 6 heteroatoms. The summed E-state index contributed by atoms with van der Waals surface area (Å²) >= 11 is 1.24. The average molecular weight is 393 g/mol. The van der Waals surface area contributed by atoms with Gasteiger partial charge < -0.3 is 14.4 Å². The van der Waals surface area contributed by atoms with Crippen molar-refractivity contribution in [2.45, 2.75) is 0 Å². The van der Waals surface area contributed by atoms with Gasteiger partial charge >= 0.3 is 5.97 Å². The zero-order valence-electron chi connectivity index (χ0n) is 16.2. The van der Waals surface area contributed by atoms with Crippen molar-refractivity contribution in [1.29, 1.82) is 0 Å². The number of carboxylic acid groups (broad SMARTS) is 1. The number of carboxylic acids is 1. The van der Waals surface area contributed by atoms with Crippen LogP contribution in [-0.2, 0) is 0 Å². The lowest BCUT2D eigenvalue weighted by Crippen LogP contribution is -2.21. The topological polar surface area (TPSA) is 56.7 Å². The molecule has 1 aliphatic heterocycles. The largest absolute Gasteiger partial charge is 0.477 e. The van der Waals surface area contributed by atoms with Crippen LogP contribution in [0.2, 0.25) is 0 Å². The zero-order chi connectivity index (χ0) is 20.0. The number of fused-ring (bicyclic) bond motifs is 2. The van der Waals surface area contributed by atoms with Crippen LogP contribution < -0.4 is 14.8 Å². The fraction of sp³-hybridized carbons (Fsp3) is 0.182. The number of hydrogen-bond acceptors (Lipinski definition) is 4. The Kier molecular flexibility index (Phi) is 4.43. The van der Waals surface area contributed by atoms with Gasteiger partial charge in [-0.2, -0.15) is 0 Å². The first-order valence-corrected chi connectivity index (χ1v) is 9.74. The van der Waals surface area contributed by atoms with Gasteiger partial charge in [-0.15, -0.1) is 11.3 Å². The van der Waals surface area contributed by atoms with Crippen LogP contribution in [0, 0.1) is 0 Å². The number of rotatable bonds is 3. The van der Waals surface area contributed by atoms with E-state index in [9.17, 15) is 9.90 Å². The number of anilines is 1. The number of nitrogens with zero attached hydrogens (tertiary/aromatic N) is 2. The third-order valence-electron chi connectivity index (χ3n) is 4.85. The van der Waals surface area contributed by atoms with Crippen LogP contribution in [-0.4, -0.2) is 39.3 Å². The van der Waals surface area contributed by atoms with Crippen LogP contribution in [0.25, 0.3) is 33.4 Å². The molecule has 1 aromatic carbocycles. The molecule has 0 bridgehead atoms. The number of benzene rings is 2. The van der Waals surface area contributed by atoms with Crippen molar-refractivity contribution in [3.05, 3.63) is 58.1 Å². The fourth-order valence-electron chi connectivity index (χ4n) is 3.39. The highest BCUT2D eigenvalue weighted by Gasteiger charge is 2.23. The Bertz CT molecular complexity index is 1250. The fourth-order valence-corrected chi connectivity index (χ4v) is 4.12. The first-order chi connectivity index (χ1) is 13.4. The SMILES string of the molecule is CN(C)c1ccc2c(-c3ccsc3C(=O)O)c3ccc(=[N+](C)C)cc-3oc2c1. The summed E-state index contributed by atoms with van der Waals surface area (Å²) in [6, 6.07) is 13.9. The molecule has 0 fully saturated rings. The molecule has 0 unspecified atom stereocenters.